The molecular formula is C16H19N5O2. The van der Waals surface area contributed by atoms with E-state index in [9.17, 15) is 10.1 Å². The molecule has 0 spiro atoms. The van der Waals surface area contributed by atoms with Crippen molar-refractivity contribution in [2.45, 2.75) is 13.3 Å². The minimum Gasteiger partial charge on any atom is -0.370 e. The van der Waals surface area contributed by atoms with Crippen LogP contribution in [0.25, 0.3) is 0 Å². The summed E-state index contributed by atoms with van der Waals surface area (Å²) < 4.78 is 0. The maximum Gasteiger partial charge on any atom is 0.272 e. The van der Waals surface area contributed by atoms with Gasteiger partial charge in [0.15, 0.2) is 5.82 Å². The van der Waals surface area contributed by atoms with Gasteiger partial charge in [0, 0.05) is 49.7 Å². The smallest absolute Gasteiger partial charge is 0.272 e. The summed E-state index contributed by atoms with van der Waals surface area (Å²) in [7, 11) is 0. The summed E-state index contributed by atoms with van der Waals surface area (Å²) in [6.07, 6.45) is 2.68. The molecule has 0 bridgehead atoms. The van der Waals surface area contributed by atoms with E-state index < -0.39 is 0 Å². The predicted molar refractivity (Wildman–Crippen MR) is 88.9 cm³/mol. The van der Waals surface area contributed by atoms with E-state index in [2.05, 4.69) is 20.0 Å². The van der Waals surface area contributed by atoms with Crippen LogP contribution in [0.2, 0.25) is 0 Å². The van der Waals surface area contributed by atoms with Crippen LogP contribution in [0, 0.1) is 17.0 Å². The highest BCUT2D eigenvalue weighted by molar-refractivity contribution is 5.55. The van der Waals surface area contributed by atoms with E-state index in [1.54, 1.807) is 19.2 Å². The molecule has 1 aromatic carbocycles. The minimum atomic E-state index is -0.336. The van der Waals surface area contributed by atoms with E-state index in [1.165, 1.54) is 0 Å². The van der Waals surface area contributed by atoms with Gasteiger partial charge in [-0.05, 0) is 37.6 Å². The number of hydrogen-bond donors (Lipinski definition) is 0. The normalized spacial score (nSPS) is 15.3. The summed E-state index contributed by atoms with van der Waals surface area (Å²) in [5.74, 6) is 0.897. The molecule has 3 rings (SSSR count). The first-order valence-electron chi connectivity index (χ1n) is 7.68. The lowest BCUT2D eigenvalue weighted by Gasteiger charge is -2.24. The molecular weight excluding hydrogens is 294 g/mol. The Labute approximate surface area is 134 Å². The summed E-state index contributed by atoms with van der Waals surface area (Å²) in [4.78, 5) is 15.1. The lowest BCUT2D eigenvalue weighted by molar-refractivity contribution is -0.385. The number of anilines is 2. The number of aromatic nitrogens is 2. The van der Waals surface area contributed by atoms with Gasteiger partial charge in [-0.2, -0.15) is 5.10 Å². The largest absolute Gasteiger partial charge is 0.370 e. The zero-order valence-electron chi connectivity index (χ0n) is 13.1. The molecule has 0 aliphatic carbocycles. The summed E-state index contributed by atoms with van der Waals surface area (Å²) in [5.41, 5.74) is 1.90. The van der Waals surface area contributed by atoms with Gasteiger partial charge in [0.05, 0.1) is 4.92 Å². The minimum absolute atomic E-state index is 0.171. The highest BCUT2D eigenvalue weighted by atomic mass is 16.6. The highest BCUT2D eigenvalue weighted by Crippen LogP contribution is 2.25. The molecule has 0 amide bonds. The van der Waals surface area contributed by atoms with Crippen LogP contribution in [0.3, 0.4) is 0 Å². The Hall–Kier alpha value is -2.70. The Morgan fingerprint density at radius 3 is 2.61 bits per heavy atom. The van der Waals surface area contributed by atoms with Crippen molar-refractivity contribution in [2.75, 3.05) is 36.0 Å². The lowest BCUT2D eigenvalue weighted by atomic mass is 10.1. The predicted octanol–water partition coefficient (Wildman–Crippen LogP) is 2.41. The molecule has 2 aromatic rings. The molecule has 23 heavy (non-hydrogen) atoms. The van der Waals surface area contributed by atoms with Crippen molar-refractivity contribution in [2.24, 2.45) is 0 Å². The topological polar surface area (TPSA) is 75.4 Å². The summed E-state index contributed by atoms with van der Waals surface area (Å²) in [5, 5.41) is 19.0. The van der Waals surface area contributed by atoms with Crippen molar-refractivity contribution in [3.8, 4) is 0 Å². The number of nitrogens with zero attached hydrogens (tertiary/aromatic N) is 5. The molecule has 1 aliphatic rings. The third-order valence-corrected chi connectivity index (χ3v) is 4.12. The maximum atomic E-state index is 10.9. The quantitative estimate of drug-likeness (QED) is 0.640. The van der Waals surface area contributed by atoms with E-state index in [4.69, 9.17) is 0 Å². The van der Waals surface area contributed by atoms with Crippen LogP contribution in [-0.2, 0) is 0 Å². The molecule has 0 atom stereocenters. The van der Waals surface area contributed by atoms with Crippen LogP contribution in [0.5, 0.6) is 0 Å². The molecule has 1 aliphatic heterocycles. The summed E-state index contributed by atoms with van der Waals surface area (Å²) in [6.45, 7) is 5.35. The van der Waals surface area contributed by atoms with Crippen LogP contribution >= 0.6 is 0 Å². The molecule has 1 fully saturated rings. The first kappa shape index (κ1) is 15.2. The van der Waals surface area contributed by atoms with Gasteiger partial charge in [-0.3, -0.25) is 10.1 Å². The molecule has 2 heterocycles. The van der Waals surface area contributed by atoms with E-state index in [1.807, 2.05) is 24.3 Å². The molecule has 0 unspecified atom stereocenters. The van der Waals surface area contributed by atoms with Crippen LogP contribution in [0.1, 0.15) is 12.0 Å². The van der Waals surface area contributed by atoms with Crippen molar-refractivity contribution in [3.63, 3.8) is 0 Å². The van der Waals surface area contributed by atoms with Crippen molar-refractivity contribution < 1.29 is 4.92 Å². The third kappa shape index (κ3) is 3.39. The standard InChI is InChI=1S/C16H19N5O2/c1-13-12-14(5-6-15(13)21(22)23)19-8-3-9-20(11-10-19)16-4-2-7-17-18-16/h2,4-7,12H,3,8-11H2,1H3. The van der Waals surface area contributed by atoms with Crippen LogP contribution in [-0.4, -0.2) is 41.3 Å². The first-order valence-corrected chi connectivity index (χ1v) is 7.68. The van der Waals surface area contributed by atoms with Gasteiger partial charge in [0.1, 0.15) is 0 Å². The molecule has 0 radical (unpaired) electrons. The highest BCUT2D eigenvalue weighted by Gasteiger charge is 2.18. The fraction of sp³-hybridized carbons (Fsp3) is 0.375. The van der Waals surface area contributed by atoms with Gasteiger partial charge in [0.2, 0.25) is 0 Å². The number of nitro benzene ring substituents is 1. The third-order valence-electron chi connectivity index (χ3n) is 4.12. The van der Waals surface area contributed by atoms with E-state index in [0.717, 1.165) is 44.1 Å². The molecule has 0 N–H and O–H groups in total. The lowest BCUT2D eigenvalue weighted by Crippen LogP contribution is -2.31. The molecule has 7 nitrogen and oxygen atoms in total. The average Bonchev–Trinajstić information content (AvgIpc) is 2.81. The fourth-order valence-electron chi connectivity index (χ4n) is 2.91. The maximum absolute atomic E-state index is 10.9. The van der Waals surface area contributed by atoms with Gasteiger partial charge >= 0.3 is 0 Å². The number of hydrogen-bond acceptors (Lipinski definition) is 6. The van der Waals surface area contributed by atoms with Gasteiger partial charge in [-0.15, -0.1) is 5.10 Å². The SMILES string of the molecule is Cc1cc(N2CCCN(c3cccnn3)CC2)ccc1[N+](=O)[O-]. The van der Waals surface area contributed by atoms with E-state index >= 15 is 0 Å². The van der Waals surface area contributed by atoms with Gasteiger partial charge < -0.3 is 9.80 Å². The Balaban J connectivity index is 1.73. The molecule has 1 saturated heterocycles. The first-order chi connectivity index (χ1) is 11.1. The molecule has 7 heteroatoms. The van der Waals surface area contributed by atoms with E-state index in [-0.39, 0.29) is 10.6 Å². The van der Waals surface area contributed by atoms with Crippen LogP contribution in [0.4, 0.5) is 17.2 Å². The summed E-state index contributed by atoms with van der Waals surface area (Å²) >= 11 is 0. The van der Waals surface area contributed by atoms with E-state index in [0.29, 0.717) is 5.56 Å². The second kappa shape index (κ2) is 6.60. The average molecular weight is 313 g/mol. The second-order valence-electron chi connectivity index (χ2n) is 5.64. The Morgan fingerprint density at radius 1 is 1.13 bits per heavy atom. The zero-order chi connectivity index (χ0) is 16.2. The molecule has 0 saturated carbocycles. The second-order valence-corrected chi connectivity index (χ2v) is 5.64. The van der Waals surface area contributed by atoms with Crippen molar-refractivity contribution in [3.05, 3.63) is 52.2 Å². The zero-order valence-corrected chi connectivity index (χ0v) is 13.1. The van der Waals surface area contributed by atoms with Crippen LogP contribution < -0.4 is 9.80 Å². The Morgan fingerprint density at radius 2 is 1.91 bits per heavy atom. The van der Waals surface area contributed by atoms with Gasteiger partial charge in [-0.1, -0.05) is 0 Å². The molecule has 120 valence electrons. The number of benzene rings is 1. The fourth-order valence-corrected chi connectivity index (χ4v) is 2.91. The number of nitro groups is 1. The molecule has 1 aromatic heterocycles. The Bertz CT molecular complexity index is 692. The van der Waals surface area contributed by atoms with Crippen molar-refractivity contribution in [1.82, 2.24) is 10.2 Å². The summed E-state index contributed by atoms with van der Waals surface area (Å²) in [6, 6.07) is 9.19. The van der Waals surface area contributed by atoms with Gasteiger partial charge in [-0.25, -0.2) is 0 Å². The van der Waals surface area contributed by atoms with Gasteiger partial charge in [0.25, 0.3) is 5.69 Å². The van der Waals surface area contributed by atoms with Crippen molar-refractivity contribution >= 4 is 17.2 Å². The number of aryl methyl sites for hydroxylation is 1. The number of rotatable bonds is 3. The Kier molecular flexibility index (Phi) is 4.36. The van der Waals surface area contributed by atoms with Crippen LogP contribution in [0.15, 0.2) is 36.5 Å². The van der Waals surface area contributed by atoms with Crippen molar-refractivity contribution in [1.29, 1.82) is 0 Å². The monoisotopic (exact) mass is 313 g/mol.